The number of nitrogens with zero attached hydrogens (tertiary/aromatic N) is 1. The Morgan fingerprint density at radius 2 is 2.08 bits per heavy atom. The van der Waals surface area contributed by atoms with Gasteiger partial charge in [0.05, 0.1) is 0 Å². The molecule has 0 atom stereocenters. The summed E-state index contributed by atoms with van der Waals surface area (Å²) < 4.78 is 0. The molecule has 1 amide bonds. The molecule has 0 saturated heterocycles. The van der Waals surface area contributed by atoms with Gasteiger partial charge in [-0.2, -0.15) is 0 Å². The topological polar surface area (TPSA) is 42.0 Å². The van der Waals surface area contributed by atoms with Gasteiger partial charge < -0.3 is 5.32 Å². The minimum Gasteiger partial charge on any atom is -0.354 e. The minimum atomic E-state index is -0.152. The summed E-state index contributed by atoms with van der Waals surface area (Å²) in [6.45, 7) is 0. The smallest absolute Gasteiger partial charge is 0.269 e. The SMILES string of the molecule is CNC(=O)c1ccccn1.Cl.Cl. The van der Waals surface area contributed by atoms with E-state index in [-0.39, 0.29) is 30.7 Å². The summed E-state index contributed by atoms with van der Waals surface area (Å²) in [5.74, 6) is -0.152. The van der Waals surface area contributed by atoms with Gasteiger partial charge in [-0.15, -0.1) is 24.8 Å². The molecule has 1 N–H and O–H groups in total. The summed E-state index contributed by atoms with van der Waals surface area (Å²) in [6.07, 6.45) is 1.59. The fourth-order valence-corrected chi connectivity index (χ4v) is 0.625. The van der Waals surface area contributed by atoms with Crippen LogP contribution in [0.4, 0.5) is 0 Å². The fourth-order valence-electron chi connectivity index (χ4n) is 0.625. The van der Waals surface area contributed by atoms with E-state index >= 15 is 0 Å². The number of carbonyl (C=O) groups excluding carboxylic acids is 1. The predicted octanol–water partition coefficient (Wildman–Crippen LogP) is 1.28. The number of amides is 1. The first-order chi connectivity index (χ1) is 4.84. The highest BCUT2D eigenvalue weighted by Gasteiger charge is 1.99. The third-order valence-electron chi connectivity index (χ3n) is 1.12. The maximum atomic E-state index is 10.8. The Bertz CT molecular complexity index is 228. The summed E-state index contributed by atoms with van der Waals surface area (Å²) in [4.78, 5) is 14.7. The molecule has 0 saturated carbocycles. The number of rotatable bonds is 1. The van der Waals surface area contributed by atoms with Crippen molar-refractivity contribution >= 4 is 30.7 Å². The maximum absolute atomic E-state index is 10.8. The second-order valence-corrected chi connectivity index (χ2v) is 1.79. The van der Waals surface area contributed by atoms with Crippen LogP contribution < -0.4 is 5.32 Å². The lowest BCUT2D eigenvalue weighted by Gasteiger charge is -1.94. The van der Waals surface area contributed by atoms with Crippen LogP contribution in [0.5, 0.6) is 0 Å². The van der Waals surface area contributed by atoms with Crippen molar-refractivity contribution in [3.05, 3.63) is 30.1 Å². The van der Waals surface area contributed by atoms with Gasteiger partial charge in [-0.1, -0.05) is 6.07 Å². The average molecular weight is 209 g/mol. The second kappa shape index (κ2) is 6.88. The highest BCUT2D eigenvalue weighted by Crippen LogP contribution is 1.90. The molecule has 0 bridgehead atoms. The molecule has 0 spiro atoms. The van der Waals surface area contributed by atoms with Crippen molar-refractivity contribution < 1.29 is 4.79 Å². The average Bonchev–Trinajstić information content (AvgIpc) is 2.05. The molecule has 0 aromatic carbocycles. The molecule has 5 heteroatoms. The van der Waals surface area contributed by atoms with Crippen molar-refractivity contribution in [2.75, 3.05) is 7.05 Å². The summed E-state index contributed by atoms with van der Waals surface area (Å²) in [7, 11) is 1.58. The summed E-state index contributed by atoms with van der Waals surface area (Å²) >= 11 is 0. The van der Waals surface area contributed by atoms with Gasteiger partial charge in [0, 0.05) is 13.2 Å². The van der Waals surface area contributed by atoms with Gasteiger partial charge in [0.1, 0.15) is 5.69 Å². The van der Waals surface area contributed by atoms with E-state index < -0.39 is 0 Å². The van der Waals surface area contributed by atoms with E-state index in [0.29, 0.717) is 5.69 Å². The molecule has 3 nitrogen and oxygen atoms in total. The van der Waals surface area contributed by atoms with Crippen LogP contribution >= 0.6 is 24.8 Å². The lowest BCUT2D eigenvalue weighted by Crippen LogP contribution is -2.18. The molecule has 0 radical (unpaired) electrons. The Hall–Kier alpha value is -0.800. The van der Waals surface area contributed by atoms with Crippen molar-refractivity contribution in [3.63, 3.8) is 0 Å². The first kappa shape index (κ1) is 13.8. The summed E-state index contributed by atoms with van der Waals surface area (Å²) in [5, 5.41) is 2.48. The van der Waals surface area contributed by atoms with Crippen LogP contribution in [0.25, 0.3) is 0 Å². The maximum Gasteiger partial charge on any atom is 0.269 e. The van der Waals surface area contributed by atoms with E-state index in [0.717, 1.165) is 0 Å². The Morgan fingerprint density at radius 3 is 2.50 bits per heavy atom. The first-order valence-electron chi connectivity index (χ1n) is 2.97. The monoisotopic (exact) mass is 208 g/mol. The zero-order valence-corrected chi connectivity index (χ0v) is 8.11. The molecule has 1 rings (SSSR count). The predicted molar refractivity (Wildman–Crippen MR) is 52.1 cm³/mol. The van der Waals surface area contributed by atoms with Crippen molar-refractivity contribution in [1.29, 1.82) is 0 Å². The molecular formula is C7H10Cl2N2O. The molecule has 0 aliphatic heterocycles. The number of pyridine rings is 1. The molecule has 0 aliphatic carbocycles. The molecular weight excluding hydrogens is 199 g/mol. The number of nitrogens with one attached hydrogen (secondary N) is 1. The van der Waals surface area contributed by atoms with Crippen molar-refractivity contribution in [2.45, 2.75) is 0 Å². The van der Waals surface area contributed by atoms with Crippen LogP contribution in [0.15, 0.2) is 24.4 Å². The van der Waals surface area contributed by atoms with Gasteiger partial charge in [0.2, 0.25) is 0 Å². The van der Waals surface area contributed by atoms with Gasteiger partial charge in [0.25, 0.3) is 5.91 Å². The molecule has 0 aliphatic rings. The number of carbonyl (C=O) groups is 1. The van der Waals surface area contributed by atoms with E-state index in [2.05, 4.69) is 10.3 Å². The fraction of sp³-hybridized carbons (Fsp3) is 0.143. The highest BCUT2D eigenvalue weighted by molar-refractivity contribution is 5.91. The Balaban J connectivity index is 0. The van der Waals surface area contributed by atoms with Crippen LogP contribution in [-0.4, -0.2) is 17.9 Å². The number of halogens is 2. The lowest BCUT2D eigenvalue weighted by molar-refractivity contribution is 0.0958. The highest BCUT2D eigenvalue weighted by atomic mass is 35.5. The standard InChI is InChI=1S/C7H8N2O.2ClH/c1-8-7(10)6-4-2-3-5-9-6;;/h2-5H,1H3,(H,8,10);2*1H. The van der Waals surface area contributed by atoms with Crippen LogP contribution in [0.3, 0.4) is 0 Å². The van der Waals surface area contributed by atoms with Crippen molar-refractivity contribution in [3.8, 4) is 0 Å². The Morgan fingerprint density at radius 1 is 1.42 bits per heavy atom. The minimum absolute atomic E-state index is 0. The van der Waals surface area contributed by atoms with Gasteiger partial charge in [-0.3, -0.25) is 9.78 Å². The quantitative estimate of drug-likeness (QED) is 0.756. The van der Waals surface area contributed by atoms with Gasteiger partial charge in [0.15, 0.2) is 0 Å². The third kappa shape index (κ3) is 3.55. The number of hydrogen-bond donors (Lipinski definition) is 1. The van der Waals surface area contributed by atoms with E-state index in [1.165, 1.54) is 0 Å². The summed E-state index contributed by atoms with van der Waals surface area (Å²) in [5.41, 5.74) is 0.449. The molecule has 1 aromatic rings. The van der Waals surface area contributed by atoms with E-state index in [4.69, 9.17) is 0 Å². The third-order valence-corrected chi connectivity index (χ3v) is 1.12. The van der Waals surface area contributed by atoms with E-state index in [9.17, 15) is 4.79 Å². The van der Waals surface area contributed by atoms with Gasteiger partial charge in [-0.05, 0) is 12.1 Å². The van der Waals surface area contributed by atoms with Crippen LogP contribution in [-0.2, 0) is 0 Å². The zero-order valence-electron chi connectivity index (χ0n) is 6.48. The van der Waals surface area contributed by atoms with Crippen LogP contribution in [0.2, 0.25) is 0 Å². The van der Waals surface area contributed by atoms with Crippen molar-refractivity contribution in [2.24, 2.45) is 0 Å². The second-order valence-electron chi connectivity index (χ2n) is 1.79. The van der Waals surface area contributed by atoms with Crippen LogP contribution in [0, 0.1) is 0 Å². The molecule has 1 aromatic heterocycles. The molecule has 12 heavy (non-hydrogen) atoms. The van der Waals surface area contributed by atoms with Crippen molar-refractivity contribution in [1.82, 2.24) is 10.3 Å². The van der Waals surface area contributed by atoms with Gasteiger partial charge >= 0.3 is 0 Å². The molecule has 68 valence electrons. The molecule has 0 unspecified atom stereocenters. The van der Waals surface area contributed by atoms with E-state index in [1.54, 1.807) is 31.4 Å². The first-order valence-corrected chi connectivity index (χ1v) is 2.97. The Kier molecular flexibility index (Phi) is 7.90. The Labute approximate surface area is 83.4 Å². The normalized spacial score (nSPS) is 7.42. The largest absolute Gasteiger partial charge is 0.354 e. The number of hydrogen-bond acceptors (Lipinski definition) is 2. The number of aromatic nitrogens is 1. The summed E-state index contributed by atoms with van der Waals surface area (Å²) in [6, 6.07) is 5.21. The molecule has 0 fully saturated rings. The zero-order chi connectivity index (χ0) is 7.40. The lowest BCUT2D eigenvalue weighted by atomic mass is 10.3. The molecule has 1 heterocycles. The van der Waals surface area contributed by atoms with Crippen LogP contribution in [0.1, 0.15) is 10.5 Å². The van der Waals surface area contributed by atoms with E-state index in [1.807, 2.05) is 0 Å². The van der Waals surface area contributed by atoms with Gasteiger partial charge in [-0.25, -0.2) is 0 Å².